The molecule has 0 atom stereocenters. The highest BCUT2D eigenvalue weighted by Crippen LogP contribution is 2.39. The third kappa shape index (κ3) is 9.62. The molecule has 0 radical (unpaired) electrons. The summed E-state index contributed by atoms with van der Waals surface area (Å²) >= 11 is 0. The SMILES string of the molecule is CCCCCCCCCCCCN(CCCCCCCCCCCC)c1ccc2ccc3cccc4ccc1c2c34. The summed E-state index contributed by atoms with van der Waals surface area (Å²) in [4.78, 5) is 2.75. The number of benzene rings is 4. The van der Waals surface area contributed by atoms with Crippen molar-refractivity contribution in [3.05, 3.63) is 54.6 Å². The lowest BCUT2D eigenvalue weighted by molar-refractivity contribution is 0.543. The van der Waals surface area contributed by atoms with Crippen molar-refractivity contribution in [1.82, 2.24) is 0 Å². The first-order chi connectivity index (χ1) is 20.3. The predicted molar refractivity (Wildman–Crippen MR) is 186 cm³/mol. The third-order valence-corrected chi connectivity index (χ3v) is 9.41. The van der Waals surface area contributed by atoms with Crippen molar-refractivity contribution in [1.29, 1.82) is 0 Å². The normalized spacial score (nSPS) is 11.9. The van der Waals surface area contributed by atoms with E-state index in [0.717, 1.165) is 0 Å². The zero-order valence-electron chi connectivity index (χ0n) is 26.7. The Morgan fingerprint density at radius 2 is 0.780 bits per heavy atom. The second-order valence-corrected chi connectivity index (χ2v) is 12.8. The Kier molecular flexibility index (Phi) is 14.1. The van der Waals surface area contributed by atoms with Gasteiger partial charge in [-0.3, -0.25) is 0 Å². The summed E-state index contributed by atoms with van der Waals surface area (Å²) in [6.45, 7) is 7.00. The predicted octanol–water partition coefficient (Wildman–Crippen LogP) is 13.2. The fourth-order valence-corrected chi connectivity index (χ4v) is 6.93. The van der Waals surface area contributed by atoms with Gasteiger partial charge in [-0.2, -0.15) is 0 Å². The summed E-state index contributed by atoms with van der Waals surface area (Å²) in [6.07, 6.45) is 28.0. The van der Waals surface area contributed by atoms with Gasteiger partial charge in [-0.15, -0.1) is 0 Å². The molecule has 41 heavy (non-hydrogen) atoms. The van der Waals surface area contributed by atoms with Crippen LogP contribution in [0.2, 0.25) is 0 Å². The van der Waals surface area contributed by atoms with Crippen LogP contribution in [0.5, 0.6) is 0 Å². The molecule has 0 N–H and O–H groups in total. The molecule has 0 spiro atoms. The van der Waals surface area contributed by atoms with Crippen molar-refractivity contribution in [3.8, 4) is 0 Å². The van der Waals surface area contributed by atoms with E-state index < -0.39 is 0 Å². The molecule has 0 heterocycles. The fraction of sp³-hybridized carbons (Fsp3) is 0.600. The Balaban J connectivity index is 1.34. The van der Waals surface area contributed by atoms with E-state index in [1.807, 2.05) is 0 Å². The Labute approximate surface area is 252 Å². The molecule has 0 saturated carbocycles. The lowest BCUT2D eigenvalue weighted by Crippen LogP contribution is -2.26. The minimum Gasteiger partial charge on any atom is -0.371 e. The van der Waals surface area contributed by atoms with Crippen LogP contribution in [0.3, 0.4) is 0 Å². The van der Waals surface area contributed by atoms with Crippen molar-refractivity contribution in [3.63, 3.8) is 0 Å². The van der Waals surface area contributed by atoms with Crippen molar-refractivity contribution in [2.75, 3.05) is 18.0 Å². The van der Waals surface area contributed by atoms with Crippen LogP contribution >= 0.6 is 0 Å². The summed E-state index contributed by atoms with van der Waals surface area (Å²) < 4.78 is 0. The smallest absolute Gasteiger partial charge is 0.0446 e. The maximum atomic E-state index is 2.75. The van der Waals surface area contributed by atoms with Crippen LogP contribution in [0.4, 0.5) is 5.69 Å². The number of rotatable bonds is 23. The molecule has 0 aliphatic rings. The second kappa shape index (κ2) is 18.3. The average molecular weight is 554 g/mol. The standard InChI is InChI=1S/C40H59N/c1-3-5-7-9-11-13-15-17-19-21-32-41(33-22-20-18-16-14-12-10-8-6-4-2)38-31-29-36-27-26-34-24-23-25-35-28-30-37(38)40(36)39(34)35/h23-31H,3-22,32-33H2,1-2H3. The highest BCUT2D eigenvalue weighted by molar-refractivity contribution is 6.25. The third-order valence-electron chi connectivity index (χ3n) is 9.41. The van der Waals surface area contributed by atoms with Crippen molar-refractivity contribution in [2.45, 2.75) is 142 Å². The van der Waals surface area contributed by atoms with Gasteiger partial charge in [0.25, 0.3) is 0 Å². The van der Waals surface area contributed by atoms with Crippen LogP contribution in [-0.2, 0) is 0 Å². The van der Waals surface area contributed by atoms with Gasteiger partial charge in [0, 0.05) is 24.2 Å². The molecule has 0 amide bonds. The number of hydrogen-bond acceptors (Lipinski definition) is 1. The number of unbranched alkanes of at least 4 members (excludes halogenated alkanes) is 18. The first-order valence-corrected chi connectivity index (χ1v) is 17.7. The number of nitrogens with zero attached hydrogens (tertiary/aromatic N) is 1. The highest BCUT2D eigenvalue weighted by atomic mass is 15.1. The first-order valence-electron chi connectivity index (χ1n) is 17.7. The Morgan fingerprint density at radius 1 is 0.390 bits per heavy atom. The van der Waals surface area contributed by atoms with Gasteiger partial charge in [-0.05, 0) is 45.8 Å². The van der Waals surface area contributed by atoms with Crippen molar-refractivity contribution in [2.24, 2.45) is 0 Å². The zero-order chi connectivity index (χ0) is 28.5. The van der Waals surface area contributed by atoms with Gasteiger partial charge in [0.1, 0.15) is 0 Å². The van der Waals surface area contributed by atoms with E-state index in [1.165, 1.54) is 180 Å². The largest absolute Gasteiger partial charge is 0.371 e. The van der Waals surface area contributed by atoms with Crippen molar-refractivity contribution < 1.29 is 0 Å². The van der Waals surface area contributed by atoms with Crippen LogP contribution in [0.15, 0.2) is 54.6 Å². The summed E-state index contributed by atoms with van der Waals surface area (Å²) in [5, 5.41) is 8.48. The summed E-state index contributed by atoms with van der Waals surface area (Å²) in [5.41, 5.74) is 1.46. The molecule has 1 nitrogen and oxygen atoms in total. The molecule has 224 valence electrons. The summed E-state index contributed by atoms with van der Waals surface area (Å²) in [5.74, 6) is 0. The van der Waals surface area contributed by atoms with Gasteiger partial charge >= 0.3 is 0 Å². The lowest BCUT2D eigenvalue weighted by Gasteiger charge is -2.27. The monoisotopic (exact) mass is 553 g/mol. The van der Waals surface area contributed by atoms with E-state index in [9.17, 15) is 0 Å². The quantitative estimate of drug-likeness (QED) is 0.0652. The van der Waals surface area contributed by atoms with E-state index in [0.29, 0.717) is 0 Å². The van der Waals surface area contributed by atoms with E-state index in [4.69, 9.17) is 0 Å². The molecule has 0 fully saturated rings. The first kappa shape index (κ1) is 31.7. The van der Waals surface area contributed by atoms with Crippen LogP contribution in [-0.4, -0.2) is 13.1 Å². The number of anilines is 1. The molecule has 0 saturated heterocycles. The Bertz CT molecular complexity index is 1200. The van der Waals surface area contributed by atoms with Gasteiger partial charge in [0.2, 0.25) is 0 Å². The molecule has 0 aromatic heterocycles. The average Bonchev–Trinajstić information content (AvgIpc) is 3.00. The van der Waals surface area contributed by atoms with Crippen molar-refractivity contribution >= 4 is 38.0 Å². The topological polar surface area (TPSA) is 3.24 Å². The van der Waals surface area contributed by atoms with E-state index in [1.54, 1.807) is 0 Å². The van der Waals surface area contributed by atoms with Gasteiger partial charge in [-0.25, -0.2) is 0 Å². The van der Waals surface area contributed by atoms with Crippen LogP contribution in [0.25, 0.3) is 32.3 Å². The van der Waals surface area contributed by atoms with E-state index >= 15 is 0 Å². The molecular weight excluding hydrogens is 494 g/mol. The molecule has 0 aliphatic heterocycles. The molecule has 4 aromatic rings. The molecule has 0 bridgehead atoms. The highest BCUT2D eigenvalue weighted by Gasteiger charge is 2.15. The molecule has 1 heteroatoms. The summed E-state index contributed by atoms with van der Waals surface area (Å²) in [6, 6.07) is 20.9. The minimum absolute atomic E-state index is 1.19. The Morgan fingerprint density at radius 3 is 1.27 bits per heavy atom. The van der Waals surface area contributed by atoms with E-state index in [2.05, 4.69) is 73.3 Å². The zero-order valence-corrected chi connectivity index (χ0v) is 26.7. The molecule has 4 rings (SSSR count). The molecule has 4 aromatic carbocycles. The van der Waals surface area contributed by atoms with Gasteiger partial charge < -0.3 is 4.90 Å². The maximum absolute atomic E-state index is 2.75. The minimum atomic E-state index is 1.19. The van der Waals surface area contributed by atoms with Gasteiger partial charge in [-0.1, -0.05) is 178 Å². The molecular formula is C40H59N. The lowest BCUT2D eigenvalue weighted by atomic mass is 9.93. The van der Waals surface area contributed by atoms with Gasteiger partial charge in [0.05, 0.1) is 0 Å². The molecule has 0 aliphatic carbocycles. The van der Waals surface area contributed by atoms with Gasteiger partial charge in [0.15, 0.2) is 0 Å². The summed E-state index contributed by atoms with van der Waals surface area (Å²) in [7, 11) is 0. The maximum Gasteiger partial charge on any atom is 0.0446 e. The van der Waals surface area contributed by atoms with E-state index in [-0.39, 0.29) is 0 Å². The van der Waals surface area contributed by atoms with Crippen LogP contribution in [0.1, 0.15) is 142 Å². The number of hydrogen-bond donors (Lipinski definition) is 0. The Hall–Kier alpha value is -2.28. The van der Waals surface area contributed by atoms with Crippen LogP contribution in [0, 0.1) is 0 Å². The second-order valence-electron chi connectivity index (χ2n) is 12.8. The fourth-order valence-electron chi connectivity index (χ4n) is 6.93. The van der Waals surface area contributed by atoms with Crippen LogP contribution < -0.4 is 4.90 Å². The molecule has 0 unspecified atom stereocenters.